The van der Waals surface area contributed by atoms with Gasteiger partial charge in [0, 0.05) is 19.4 Å². The van der Waals surface area contributed by atoms with E-state index in [0.29, 0.717) is 12.8 Å². The Kier molecular flexibility index (Phi) is 6.63. The number of rotatable bonds is 8. The van der Waals surface area contributed by atoms with Gasteiger partial charge in [0.1, 0.15) is 0 Å². The molecule has 0 radical (unpaired) electrons. The van der Waals surface area contributed by atoms with Crippen LogP contribution in [0.25, 0.3) is 0 Å². The first-order valence-electron chi connectivity index (χ1n) is 6.42. The van der Waals surface area contributed by atoms with Crippen molar-refractivity contribution in [1.82, 2.24) is 5.32 Å². The second kappa shape index (κ2) is 8.24. The quantitative estimate of drug-likeness (QED) is 0.720. The third-order valence-electron chi connectivity index (χ3n) is 2.79. The second-order valence-electron chi connectivity index (χ2n) is 4.41. The highest BCUT2D eigenvalue weighted by Crippen LogP contribution is 2.11. The van der Waals surface area contributed by atoms with Crippen LogP contribution in [-0.2, 0) is 16.0 Å². The van der Waals surface area contributed by atoms with Gasteiger partial charge < -0.3 is 10.4 Å². The molecule has 0 bridgehead atoms. The van der Waals surface area contributed by atoms with Crippen LogP contribution in [0.4, 0.5) is 8.78 Å². The Morgan fingerprint density at radius 1 is 1.15 bits per heavy atom. The maximum atomic E-state index is 13.3. The van der Waals surface area contributed by atoms with Crippen molar-refractivity contribution in [2.24, 2.45) is 0 Å². The lowest BCUT2D eigenvalue weighted by Gasteiger charge is -2.06. The summed E-state index contributed by atoms with van der Waals surface area (Å²) in [5.74, 6) is -2.88. The van der Waals surface area contributed by atoms with Crippen molar-refractivity contribution in [3.63, 3.8) is 0 Å². The van der Waals surface area contributed by atoms with E-state index in [1.807, 2.05) is 0 Å². The fraction of sp³-hybridized carbons (Fsp3) is 0.429. The molecule has 1 rings (SSSR count). The van der Waals surface area contributed by atoms with Crippen LogP contribution >= 0.6 is 0 Å². The number of carbonyl (C=O) groups excluding carboxylic acids is 1. The second-order valence-corrected chi connectivity index (χ2v) is 4.41. The first-order valence-corrected chi connectivity index (χ1v) is 6.42. The molecule has 6 heteroatoms. The molecule has 0 saturated heterocycles. The Hall–Kier alpha value is -1.98. The molecule has 0 aromatic heterocycles. The molecule has 1 aromatic carbocycles. The Morgan fingerprint density at radius 2 is 1.85 bits per heavy atom. The third kappa shape index (κ3) is 5.77. The number of unbranched alkanes of at least 4 members (excludes halogenated alkanes) is 1. The van der Waals surface area contributed by atoms with Crippen LogP contribution in [-0.4, -0.2) is 23.5 Å². The summed E-state index contributed by atoms with van der Waals surface area (Å²) in [6.07, 6.45) is 1.43. The first-order chi connectivity index (χ1) is 9.50. The number of aliphatic carboxylic acids is 1. The van der Waals surface area contributed by atoms with Crippen molar-refractivity contribution in [1.29, 1.82) is 0 Å². The van der Waals surface area contributed by atoms with Crippen molar-refractivity contribution < 1.29 is 23.5 Å². The Morgan fingerprint density at radius 3 is 2.55 bits per heavy atom. The van der Waals surface area contributed by atoms with Gasteiger partial charge in [-0.3, -0.25) is 9.59 Å². The average Bonchev–Trinajstić information content (AvgIpc) is 2.39. The van der Waals surface area contributed by atoms with Gasteiger partial charge in [-0.2, -0.15) is 0 Å². The fourth-order valence-corrected chi connectivity index (χ4v) is 1.73. The third-order valence-corrected chi connectivity index (χ3v) is 2.79. The number of carboxylic acid groups (broad SMARTS) is 1. The number of hydrogen-bond acceptors (Lipinski definition) is 2. The maximum Gasteiger partial charge on any atom is 0.303 e. The van der Waals surface area contributed by atoms with Crippen molar-refractivity contribution >= 4 is 11.9 Å². The van der Waals surface area contributed by atoms with E-state index < -0.39 is 17.6 Å². The fourth-order valence-electron chi connectivity index (χ4n) is 1.73. The molecule has 0 fully saturated rings. The minimum absolute atomic E-state index is 0.0434. The van der Waals surface area contributed by atoms with E-state index in [1.165, 1.54) is 12.1 Å². The highest BCUT2D eigenvalue weighted by atomic mass is 19.2. The Labute approximate surface area is 115 Å². The predicted octanol–water partition coefficient (Wildman–Crippen LogP) is 2.27. The summed E-state index contributed by atoms with van der Waals surface area (Å²) < 4.78 is 26.2. The first kappa shape index (κ1) is 16.1. The van der Waals surface area contributed by atoms with E-state index in [2.05, 4.69) is 5.32 Å². The standard InChI is InChI=1S/C14H17F2NO3/c15-11-5-3-4-10(14(11)16)8-9-17-12(18)6-1-2-7-13(19)20/h3-5H,1-2,6-9H2,(H,17,18)(H,19,20). The molecule has 0 unspecified atom stereocenters. The lowest BCUT2D eigenvalue weighted by molar-refractivity contribution is -0.137. The molecule has 20 heavy (non-hydrogen) atoms. The Bertz CT molecular complexity index is 477. The summed E-state index contributed by atoms with van der Waals surface area (Å²) in [6, 6.07) is 3.93. The summed E-state index contributed by atoms with van der Waals surface area (Å²) in [4.78, 5) is 21.7. The molecule has 0 aliphatic carbocycles. The highest BCUT2D eigenvalue weighted by molar-refractivity contribution is 5.75. The molecule has 1 aromatic rings. The Balaban J connectivity index is 2.22. The van der Waals surface area contributed by atoms with Crippen LogP contribution < -0.4 is 5.32 Å². The number of benzene rings is 1. The lowest BCUT2D eigenvalue weighted by Crippen LogP contribution is -2.25. The smallest absolute Gasteiger partial charge is 0.303 e. The minimum Gasteiger partial charge on any atom is -0.481 e. The van der Waals surface area contributed by atoms with Crippen LogP contribution in [0, 0.1) is 11.6 Å². The van der Waals surface area contributed by atoms with E-state index in [1.54, 1.807) is 0 Å². The van der Waals surface area contributed by atoms with Gasteiger partial charge in [0.2, 0.25) is 5.91 Å². The predicted molar refractivity (Wildman–Crippen MR) is 69.2 cm³/mol. The van der Waals surface area contributed by atoms with Gasteiger partial charge in [0.15, 0.2) is 11.6 Å². The zero-order chi connectivity index (χ0) is 15.0. The van der Waals surface area contributed by atoms with E-state index in [-0.39, 0.29) is 37.3 Å². The molecular weight excluding hydrogens is 268 g/mol. The van der Waals surface area contributed by atoms with Gasteiger partial charge in [-0.25, -0.2) is 8.78 Å². The molecule has 0 aliphatic rings. The summed E-state index contributed by atoms with van der Waals surface area (Å²) in [6.45, 7) is 0.220. The normalized spacial score (nSPS) is 10.3. The SMILES string of the molecule is O=C(O)CCCCC(=O)NCCc1cccc(F)c1F. The van der Waals surface area contributed by atoms with Crippen LogP contribution in [0.1, 0.15) is 31.2 Å². The average molecular weight is 285 g/mol. The largest absolute Gasteiger partial charge is 0.481 e. The van der Waals surface area contributed by atoms with Crippen LogP contribution in [0.15, 0.2) is 18.2 Å². The molecule has 0 saturated carbocycles. The van der Waals surface area contributed by atoms with Gasteiger partial charge in [0.25, 0.3) is 0 Å². The summed E-state index contributed by atoms with van der Waals surface area (Å²) >= 11 is 0. The van der Waals surface area contributed by atoms with Crippen molar-refractivity contribution in [3.05, 3.63) is 35.4 Å². The number of amides is 1. The lowest BCUT2D eigenvalue weighted by atomic mass is 10.1. The number of carboxylic acids is 1. The maximum absolute atomic E-state index is 13.3. The molecule has 1 amide bonds. The van der Waals surface area contributed by atoms with Crippen molar-refractivity contribution in [2.75, 3.05) is 6.54 Å². The van der Waals surface area contributed by atoms with Crippen LogP contribution in [0.3, 0.4) is 0 Å². The van der Waals surface area contributed by atoms with Gasteiger partial charge >= 0.3 is 5.97 Å². The summed E-state index contributed by atoms with van der Waals surface area (Å²) in [5.41, 5.74) is 0.219. The summed E-state index contributed by atoms with van der Waals surface area (Å²) in [7, 11) is 0. The van der Waals surface area contributed by atoms with Gasteiger partial charge in [-0.05, 0) is 30.9 Å². The van der Waals surface area contributed by atoms with Gasteiger partial charge in [-0.1, -0.05) is 12.1 Å². The zero-order valence-corrected chi connectivity index (χ0v) is 11.0. The monoisotopic (exact) mass is 285 g/mol. The van der Waals surface area contributed by atoms with Gasteiger partial charge in [-0.15, -0.1) is 0 Å². The molecule has 0 atom stereocenters. The van der Waals surface area contributed by atoms with E-state index in [4.69, 9.17) is 5.11 Å². The molecule has 0 aliphatic heterocycles. The zero-order valence-electron chi connectivity index (χ0n) is 11.0. The highest BCUT2D eigenvalue weighted by Gasteiger charge is 2.08. The number of carbonyl (C=O) groups is 2. The summed E-state index contributed by atoms with van der Waals surface area (Å²) in [5, 5.41) is 11.0. The van der Waals surface area contributed by atoms with E-state index >= 15 is 0 Å². The number of hydrogen-bond donors (Lipinski definition) is 2. The number of halogens is 2. The molecular formula is C14H17F2NO3. The van der Waals surface area contributed by atoms with Gasteiger partial charge in [0.05, 0.1) is 0 Å². The molecule has 4 nitrogen and oxygen atoms in total. The minimum atomic E-state index is -0.900. The van der Waals surface area contributed by atoms with E-state index in [9.17, 15) is 18.4 Å². The van der Waals surface area contributed by atoms with Crippen LogP contribution in [0.5, 0.6) is 0 Å². The van der Waals surface area contributed by atoms with E-state index in [0.717, 1.165) is 6.07 Å². The molecule has 2 N–H and O–H groups in total. The van der Waals surface area contributed by atoms with Crippen LogP contribution in [0.2, 0.25) is 0 Å². The molecule has 0 heterocycles. The number of nitrogens with one attached hydrogen (secondary N) is 1. The topological polar surface area (TPSA) is 66.4 Å². The molecule has 0 spiro atoms. The molecule has 110 valence electrons. The van der Waals surface area contributed by atoms with Crippen molar-refractivity contribution in [2.45, 2.75) is 32.1 Å². The van der Waals surface area contributed by atoms with Crippen molar-refractivity contribution in [3.8, 4) is 0 Å².